The highest BCUT2D eigenvalue weighted by Crippen LogP contribution is 2.45. The zero-order valence-electron chi connectivity index (χ0n) is 59.1. The number of esters is 4. The van der Waals surface area contributed by atoms with Crippen molar-refractivity contribution in [3.63, 3.8) is 0 Å². The van der Waals surface area contributed by atoms with Gasteiger partial charge in [-0.2, -0.15) is 0 Å². The van der Waals surface area contributed by atoms with E-state index in [1.807, 2.05) is 0 Å². The Kier molecular flexibility index (Phi) is 62.7. The molecule has 0 bridgehead atoms. The van der Waals surface area contributed by atoms with Crippen LogP contribution >= 0.6 is 15.6 Å². The van der Waals surface area contributed by atoms with Crippen molar-refractivity contribution in [3.05, 3.63) is 0 Å². The van der Waals surface area contributed by atoms with E-state index in [9.17, 15) is 43.2 Å². The summed E-state index contributed by atoms with van der Waals surface area (Å²) in [6, 6.07) is 0. The fraction of sp³-hybridized carbons (Fsp3) is 0.944. The molecule has 0 amide bonds. The number of hydrogen-bond acceptors (Lipinski definition) is 15. The average Bonchev–Trinajstić information content (AvgIpc) is 3.52. The molecule has 0 radical (unpaired) electrons. The Morgan fingerprint density at radius 1 is 0.319 bits per heavy atom. The topological polar surface area (TPSA) is 237 Å². The first-order valence-corrected chi connectivity index (χ1v) is 40.5. The lowest BCUT2D eigenvalue weighted by Gasteiger charge is -2.21. The van der Waals surface area contributed by atoms with Crippen LogP contribution in [0.4, 0.5) is 0 Å². The Morgan fingerprint density at radius 2 is 0.560 bits per heavy atom. The standard InChI is InChI=1S/C72H140O17P2/c1-7-10-12-14-16-18-20-26-30-37-43-49-55-70(75)83-60-67(88-71(76)56-50-44-38-31-27-24-22-21-23-25-28-35-41-47-53-65(6)9-3)62-86-90(78,79)84-58-66(73)59-85-91(80,81)87-63-68(61-82-69(74)54-48-42-36-29-19-17-15-13-11-8-2)89-72(77)57-51-45-39-33-32-34-40-46-52-64(4)5/h64-68,73H,7-63H2,1-6H3,(H,78,79)(H,80,81)/t65?,66-,67-,68-/m1/s1. The van der Waals surface area contributed by atoms with Gasteiger partial charge in [0.15, 0.2) is 12.2 Å². The zero-order chi connectivity index (χ0) is 67.2. The Labute approximate surface area is 556 Å². The normalized spacial score (nSPS) is 14.4. The number of phosphoric acid groups is 2. The van der Waals surface area contributed by atoms with Crippen LogP contribution in [-0.4, -0.2) is 96.7 Å². The first kappa shape index (κ1) is 89.1. The first-order valence-electron chi connectivity index (χ1n) is 37.5. The van der Waals surface area contributed by atoms with E-state index < -0.39 is 97.5 Å². The number of hydrogen-bond donors (Lipinski definition) is 3. The van der Waals surface area contributed by atoms with E-state index in [1.165, 1.54) is 186 Å². The van der Waals surface area contributed by atoms with Crippen molar-refractivity contribution in [1.29, 1.82) is 0 Å². The van der Waals surface area contributed by atoms with Crippen LogP contribution in [0.2, 0.25) is 0 Å². The van der Waals surface area contributed by atoms with E-state index in [1.54, 1.807) is 0 Å². The van der Waals surface area contributed by atoms with Crippen molar-refractivity contribution >= 4 is 39.5 Å². The fourth-order valence-electron chi connectivity index (χ4n) is 10.9. The van der Waals surface area contributed by atoms with Crippen LogP contribution in [0.15, 0.2) is 0 Å². The van der Waals surface area contributed by atoms with E-state index in [-0.39, 0.29) is 25.7 Å². The lowest BCUT2D eigenvalue weighted by atomic mass is 9.99. The minimum Gasteiger partial charge on any atom is -0.462 e. The fourth-order valence-corrected chi connectivity index (χ4v) is 12.5. The number of aliphatic hydroxyl groups is 1. The first-order chi connectivity index (χ1) is 43.9. The predicted octanol–water partition coefficient (Wildman–Crippen LogP) is 20.8. The molecule has 0 aliphatic rings. The van der Waals surface area contributed by atoms with Crippen LogP contribution in [0.25, 0.3) is 0 Å². The summed E-state index contributed by atoms with van der Waals surface area (Å²) < 4.78 is 68.3. The Balaban J connectivity index is 5.23. The summed E-state index contributed by atoms with van der Waals surface area (Å²) in [6.07, 6.45) is 49.8. The quantitative estimate of drug-likeness (QED) is 0.0222. The van der Waals surface area contributed by atoms with E-state index in [0.717, 1.165) is 102 Å². The van der Waals surface area contributed by atoms with E-state index in [0.29, 0.717) is 25.7 Å². The Bertz CT molecular complexity index is 1770. The third kappa shape index (κ3) is 65.1. The molecule has 0 heterocycles. The maximum absolute atomic E-state index is 13.0. The van der Waals surface area contributed by atoms with E-state index >= 15 is 0 Å². The molecule has 91 heavy (non-hydrogen) atoms. The monoisotopic (exact) mass is 1340 g/mol. The molecule has 0 fully saturated rings. The number of aliphatic hydroxyl groups excluding tert-OH is 1. The lowest BCUT2D eigenvalue weighted by Crippen LogP contribution is -2.30. The molecule has 0 aromatic rings. The van der Waals surface area contributed by atoms with Crippen molar-refractivity contribution in [2.75, 3.05) is 39.6 Å². The lowest BCUT2D eigenvalue weighted by molar-refractivity contribution is -0.161. The van der Waals surface area contributed by atoms with Gasteiger partial charge in [0.25, 0.3) is 0 Å². The van der Waals surface area contributed by atoms with Crippen LogP contribution in [0, 0.1) is 11.8 Å². The van der Waals surface area contributed by atoms with Gasteiger partial charge >= 0.3 is 39.5 Å². The second-order valence-electron chi connectivity index (χ2n) is 26.7. The predicted molar refractivity (Wildman–Crippen MR) is 368 cm³/mol. The van der Waals surface area contributed by atoms with E-state index in [4.69, 9.17) is 37.0 Å². The van der Waals surface area contributed by atoms with Crippen molar-refractivity contribution in [1.82, 2.24) is 0 Å². The van der Waals surface area contributed by atoms with Gasteiger partial charge in [-0.05, 0) is 37.5 Å². The van der Waals surface area contributed by atoms with Gasteiger partial charge in [-0.15, -0.1) is 0 Å². The van der Waals surface area contributed by atoms with Crippen LogP contribution in [-0.2, 0) is 65.4 Å². The number of ether oxygens (including phenoxy) is 4. The summed E-state index contributed by atoms with van der Waals surface area (Å²) in [4.78, 5) is 72.6. The molecule has 17 nitrogen and oxygen atoms in total. The molecular formula is C72H140O17P2. The second kappa shape index (κ2) is 64.1. The number of rotatable bonds is 71. The van der Waals surface area contributed by atoms with Crippen LogP contribution in [0.1, 0.15) is 369 Å². The summed E-state index contributed by atoms with van der Waals surface area (Å²) >= 11 is 0. The molecule has 0 saturated carbocycles. The van der Waals surface area contributed by atoms with Crippen molar-refractivity contribution in [3.8, 4) is 0 Å². The minimum absolute atomic E-state index is 0.105. The van der Waals surface area contributed by atoms with Gasteiger partial charge in [0.05, 0.1) is 26.4 Å². The molecule has 540 valence electrons. The molecule has 0 spiro atoms. The maximum Gasteiger partial charge on any atom is 0.472 e. The van der Waals surface area contributed by atoms with Gasteiger partial charge in [0, 0.05) is 25.7 Å². The number of carbonyl (C=O) groups is 4. The van der Waals surface area contributed by atoms with Crippen molar-refractivity contribution in [2.45, 2.75) is 387 Å². The Morgan fingerprint density at radius 3 is 0.835 bits per heavy atom. The second-order valence-corrected chi connectivity index (χ2v) is 29.6. The van der Waals surface area contributed by atoms with Gasteiger partial charge in [0.2, 0.25) is 0 Å². The maximum atomic E-state index is 13.0. The summed E-state index contributed by atoms with van der Waals surface area (Å²) in [6.45, 7) is 9.57. The highest BCUT2D eigenvalue weighted by atomic mass is 31.2. The number of unbranched alkanes of at least 4 members (excludes halogenated alkanes) is 40. The smallest absolute Gasteiger partial charge is 0.462 e. The third-order valence-electron chi connectivity index (χ3n) is 17.1. The average molecular weight is 1340 g/mol. The van der Waals surface area contributed by atoms with Gasteiger partial charge in [-0.3, -0.25) is 37.3 Å². The SMILES string of the molecule is CCCCCCCCCCCCCCC(=O)OC[C@H](COP(=O)(O)OC[C@@H](O)COP(=O)(O)OC[C@@H](COC(=O)CCCCCCCCCCCC)OC(=O)CCCCCCCCCCC(C)C)OC(=O)CCCCCCCCCCCCCCCCC(C)CC. The highest BCUT2D eigenvalue weighted by Gasteiger charge is 2.30. The van der Waals surface area contributed by atoms with Gasteiger partial charge < -0.3 is 33.8 Å². The number of carbonyl (C=O) groups excluding carboxylic acids is 4. The molecule has 0 aliphatic carbocycles. The summed E-state index contributed by atoms with van der Waals surface area (Å²) in [5.74, 6) is -0.557. The molecule has 6 atom stereocenters. The molecule has 0 saturated heterocycles. The largest absolute Gasteiger partial charge is 0.472 e. The molecule has 0 aromatic heterocycles. The molecule has 0 aliphatic heterocycles. The van der Waals surface area contributed by atoms with Gasteiger partial charge in [-0.25, -0.2) is 9.13 Å². The summed E-state index contributed by atoms with van der Waals surface area (Å²) in [7, 11) is -9.90. The highest BCUT2D eigenvalue weighted by molar-refractivity contribution is 7.47. The van der Waals surface area contributed by atoms with Crippen LogP contribution in [0.3, 0.4) is 0 Å². The van der Waals surface area contributed by atoms with Crippen molar-refractivity contribution < 1.29 is 80.2 Å². The number of phosphoric ester groups is 2. The van der Waals surface area contributed by atoms with Crippen molar-refractivity contribution in [2.24, 2.45) is 11.8 Å². The van der Waals surface area contributed by atoms with Crippen LogP contribution < -0.4 is 0 Å². The summed E-state index contributed by atoms with van der Waals surface area (Å²) in [5.41, 5.74) is 0. The molecule has 3 unspecified atom stereocenters. The molecule has 0 aromatic carbocycles. The molecule has 3 N–H and O–H groups in total. The Hall–Kier alpha value is -1.94. The van der Waals surface area contributed by atoms with Gasteiger partial charge in [-0.1, -0.05) is 318 Å². The van der Waals surface area contributed by atoms with Gasteiger partial charge in [0.1, 0.15) is 19.3 Å². The molecule has 19 heteroatoms. The summed E-state index contributed by atoms with van der Waals surface area (Å²) in [5, 5.41) is 10.6. The van der Waals surface area contributed by atoms with Crippen LogP contribution in [0.5, 0.6) is 0 Å². The van der Waals surface area contributed by atoms with E-state index in [2.05, 4.69) is 41.5 Å². The zero-order valence-corrected chi connectivity index (χ0v) is 60.9. The molecule has 0 rings (SSSR count). The third-order valence-corrected chi connectivity index (χ3v) is 19.0. The minimum atomic E-state index is -4.95. The molecular weight excluding hydrogens is 1200 g/mol.